The lowest BCUT2D eigenvalue weighted by Crippen LogP contribution is -1.89. The highest BCUT2D eigenvalue weighted by Crippen LogP contribution is 2.11. The van der Waals surface area contributed by atoms with Crippen molar-refractivity contribution in [2.75, 3.05) is 0 Å². The van der Waals surface area contributed by atoms with Crippen LogP contribution in [0.3, 0.4) is 0 Å². The van der Waals surface area contributed by atoms with Crippen LogP contribution in [0.15, 0.2) is 41.8 Å². The number of hydrogen-bond acceptors (Lipinski definition) is 2. The molecule has 0 aliphatic rings. The normalized spacial score (nSPS) is 12.0. The van der Waals surface area contributed by atoms with E-state index in [9.17, 15) is 8.42 Å². The highest BCUT2D eigenvalue weighted by Gasteiger charge is 1.95. The molecule has 0 fully saturated rings. The molecule has 1 rings (SSSR count). The lowest BCUT2D eigenvalue weighted by atomic mass is 10.0. The number of allylic oxidation sites excluding steroid dienone is 1. The minimum Gasteiger partial charge on any atom is -0.282 e. The Labute approximate surface area is 128 Å². The van der Waals surface area contributed by atoms with E-state index in [-0.39, 0.29) is 0 Å². The number of hydrogen-bond donors (Lipinski definition) is 1. The molecule has 0 spiro atoms. The van der Waals surface area contributed by atoms with Crippen LogP contribution in [0.2, 0.25) is 0 Å². The first-order chi connectivity index (χ1) is 10.1. The summed E-state index contributed by atoms with van der Waals surface area (Å²) in [5.41, 5.74) is 1.42. The molecule has 0 bridgehead atoms. The van der Waals surface area contributed by atoms with Gasteiger partial charge in [-0.2, -0.15) is 8.42 Å². The van der Waals surface area contributed by atoms with Crippen molar-refractivity contribution < 1.29 is 13.0 Å². The number of unbranched alkanes of at least 4 members (excludes halogenated alkanes) is 7. The van der Waals surface area contributed by atoms with Gasteiger partial charge in [-0.05, 0) is 31.2 Å². The summed E-state index contributed by atoms with van der Waals surface area (Å²) in [4.78, 5) is 0. The van der Waals surface area contributed by atoms with Crippen LogP contribution in [0, 0.1) is 0 Å². The third-order valence-electron chi connectivity index (χ3n) is 3.45. The van der Waals surface area contributed by atoms with Gasteiger partial charge in [-0.3, -0.25) is 4.55 Å². The van der Waals surface area contributed by atoms with Crippen LogP contribution in [0.1, 0.15) is 56.9 Å². The van der Waals surface area contributed by atoms with Crippen LogP contribution in [-0.2, 0) is 16.5 Å². The van der Waals surface area contributed by atoms with Crippen molar-refractivity contribution in [1.29, 1.82) is 0 Å². The van der Waals surface area contributed by atoms with Gasteiger partial charge in [-0.25, -0.2) is 0 Å². The molecule has 0 amide bonds. The molecule has 1 aromatic rings. The van der Waals surface area contributed by atoms with Gasteiger partial charge in [0.2, 0.25) is 0 Å². The summed E-state index contributed by atoms with van der Waals surface area (Å²) < 4.78 is 29.4. The van der Waals surface area contributed by atoms with Gasteiger partial charge in [0.05, 0.1) is 5.41 Å². The average molecular weight is 310 g/mol. The molecule has 0 saturated heterocycles. The van der Waals surface area contributed by atoms with Crippen molar-refractivity contribution in [3.05, 3.63) is 47.4 Å². The zero-order chi connectivity index (χ0) is 15.4. The minimum atomic E-state index is -3.94. The Hall–Kier alpha value is -1.13. The summed E-state index contributed by atoms with van der Waals surface area (Å²) in [5, 5.41) is 0.872. The standard InChI is InChI=1S/C17H26O3S/c18-21(19,20)16-12-7-5-3-1-2-4-6-9-13-17-14-10-8-11-15-17/h8,10-12,14-16H,1-7,9,13H2,(H,18,19,20). The van der Waals surface area contributed by atoms with Gasteiger partial charge in [0.15, 0.2) is 0 Å². The highest BCUT2D eigenvalue weighted by molar-refractivity contribution is 7.88. The fourth-order valence-electron chi connectivity index (χ4n) is 2.31. The molecule has 4 heteroatoms. The molecule has 0 aliphatic carbocycles. The van der Waals surface area contributed by atoms with E-state index in [0.29, 0.717) is 6.42 Å². The van der Waals surface area contributed by atoms with Gasteiger partial charge >= 0.3 is 0 Å². The van der Waals surface area contributed by atoms with E-state index in [0.717, 1.165) is 18.2 Å². The number of benzene rings is 1. The van der Waals surface area contributed by atoms with Crippen molar-refractivity contribution in [1.82, 2.24) is 0 Å². The van der Waals surface area contributed by atoms with Gasteiger partial charge in [0.1, 0.15) is 0 Å². The Kier molecular flexibility index (Phi) is 9.02. The Morgan fingerprint density at radius 3 is 2.05 bits per heavy atom. The van der Waals surface area contributed by atoms with Crippen molar-refractivity contribution in [2.24, 2.45) is 0 Å². The highest BCUT2D eigenvalue weighted by atomic mass is 32.2. The average Bonchev–Trinajstić information content (AvgIpc) is 2.44. The monoisotopic (exact) mass is 310 g/mol. The molecule has 1 N–H and O–H groups in total. The summed E-state index contributed by atoms with van der Waals surface area (Å²) in [6.07, 6.45) is 11.8. The van der Waals surface area contributed by atoms with Crippen molar-refractivity contribution in [3.8, 4) is 0 Å². The Bertz CT molecular complexity index is 492. The van der Waals surface area contributed by atoms with E-state index in [1.807, 2.05) is 0 Å². The summed E-state index contributed by atoms with van der Waals surface area (Å²) in [7, 11) is -3.94. The SMILES string of the molecule is O=S(=O)(O)C=CCCCCCCCCCc1ccccc1. The molecular formula is C17H26O3S. The molecule has 3 nitrogen and oxygen atoms in total. The summed E-state index contributed by atoms with van der Waals surface area (Å²) in [6.45, 7) is 0. The van der Waals surface area contributed by atoms with Gasteiger partial charge in [0.25, 0.3) is 10.1 Å². The lowest BCUT2D eigenvalue weighted by molar-refractivity contribution is 0.494. The Morgan fingerprint density at radius 1 is 0.857 bits per heavy atom. The van der Waals surface area contributed by atoms with Crippen LogP contribution >= 0.6 is 0 Å². The predicted octanol–water partition coefficient (Wildman–Crippen LogP) is 4.75. The maximum Gasteiger partial charge on any atom is 0.287 e. The van der Waals surface area contributed by atoms with E-state index in [1.54, 1.807) is 0 Å². The maximum atomic E-state index is 10.4. The molecule has 0 radical (unpaired) electrons. The van der Waals surface area contributed by atoms with Crippen molar-refractivity contribution >= 4 is 10.1 Å². The molecule has 0 heterocycles. The molecule has 0 unspecified atom stereocenters. The van der Waals surface area contributed by atoms with E-state index in [4.69, 9.17) is 4.55 Å². The van der Waals surface area contributed by atoms with E-state index in [1.165, 1.54) is 50.2 Å². The van der Waals surface area contributed by atoms with E-state index < -0.39 is 10.1 Å². The molecule has 0 aromatic heterocycles. The van der Waals surface area contributed by atoms with E-state index in [2.05, 4.69) is 30.3 Å². The predicted molar refractivity (Wildman–Crippen MR) is 87.8 cm³/mol. The Balaban J connectivity index is 1.88. The van der Waals surface area contributed by atoms with Crippen molar-refractivity contribution in [2.45, 2.75) is 57.8 Å². The first kappa shape index (κ1) is 17.9. The van der Waals surface area contributed by atoms with Crippen LogP contribution in [0.25, 0.3) is 0 Å². The number of aryl methyl sites for hydroxylation is 1. The van der Waals surface area contributed by atoms with E-state index >= 15 is 0 Å². The van der Waals surface area contributed by atoms with Crippen LogP contribution < -0.4 is 0 Å². The molecule has 21 heavy (non-hydrogen) atoms. The Morgan fingerprint density at radius 2 is 1.43 bits per heavy atom. The zero-order valence-corrected chi connectivity index (χ0v) is 13.4. The summed E-state index contributed by atoms with van der Waals surface area (Å²) in [6, 6.07) is 10.6. The molecule has 0 aliphatic heterocycles. The zero-order valence-electron chi connectivity index (χ0n) is 12.6. The molecular weight excluding hydrogens is 284 g/mol. The topological polar surface area (TPSA) is 54.4 Å². The molecule has 118 valence electrons. The third kappa shape index (κ3) is 11.2. The second-order valence-electron chi connectivity index (χ2n) is 5.39. The molecule has 0 atom stereocenters. The van der Waals surface area contributed by atoms with Crippen LogP contribution in [0.5, 0.6) is 0 Å². The van der Waals surface area contributed by atoms with Crippen LogP contribution in [0.4, 0.5) is 0 Å². The third-order valence-corrected chi connectivity index (χ3v) is 3.98. The quantitative estimate of drug-likeness (QED) is 0.474. The van der Waals surface area contributed by atoms with Gasteiger partial charge in [-0.15, -0.1) is 0 Å². The maximum absolute atomic E-state index is 10.4. The van der Waals surface area contributed by atoms with Gasteiger partial charge < -0.3 is 0 Å². The fraction of sp³-hybridized carbons (Fsp3) is 0.529. The van der Waals surface area contributed by atoms with Crippen molar-refractivity contribution in [3.63, 3.8) is 0 Å². The second-order valence-corrected chi connectivity index (χ2v) is 6.69. The minimum absolute atomic E-state index is 0.716. The van der Waals surface area contributed by atoms with Crippen LogP contribution in [-0.4, -0.2) is 13.0 Å². The molecule has 0 saturated carbocycles. The second kappa shape index (κ2) is 10.6. The lowest BCUT2D eigenvalue weighted by Gasteiger charge is -2.02. The fourth-order valence-corrected chi connectivity index (χ4v) is 2.69. The van der Waals surface area contributed by atoms with Gasteiger partial charge in [-0.1, -0.05) is 68.5 Å². The first-order valence-corrected chi connectivity index (χ1v) is 9.26. The summed E-state index contributed by atoms with van der Waals surface area (Å²) in [5.74, 6) is 0. The molecule has 1 aromatic carbocycles. The van der Waals surface area contributed by atoms with Gasteiger partial charge in [0, 0.05) is 0 Å². The number of rotatable bonds is 11. The first-order valence-electron chi connectivity index (χ1n) is 7.76. The summed E-state index contributed by atoms with van der Waals surface area (Å²) >= 11 is 0. The smallest absolute Gasteiger partial charge is 0.282 e. The largest absolute Gasteiger partial charge is 0.287 e.